The number of methoxy groups -OCH3 is 1. The van der Waals surface area contributed by atoms with Gasteiger partial charge in [0.2, 0.25) is 5.91 Å². The Balaban J connectivity index is 1.62. The highest BCUT2D eigenvalue weighted by molar-refractivity contribution is 7.99. The molecule has 0 saturated heterocycles. The molecule has 0 aliphatic heterocycles. The number of rotatable bonds is 8. The van der Waals surface area contributed by atoms with Gasteiger partial charge in [0.05, 0.1) is 24.1 Å². The predicted octanol–water partition coefficient (Wildman–Crippen LogP) is 5.53. The van der Waals surface area contributed by atoms with Crippen LogP contribution in [0.25, 0.3) is 17.1 Å². The van der Waals surface area contributed by atoms with Crippen molar-refractivity contribution < 1.29 is 14.3 Å². The van der Waals surface area contributed by atoms with Gasteiger partial charge < -0.3 is 10.1 Å². The van der Waals surface area contributed by atoms with E-state index in [0.717, 1.165) is 11.3 Å². The monoisotopic (exact) mass is 492 g/mol. The van der Waals surface area contributed by atoms with Gasteiger partial charge in [0.25, 0.3) is 0 Å². The Hall–Kier alpha value is -3.62. The number of carbonyl (C=O) groups is 2. The number of carbonyl (C=O) groups excluding carboxylic acids is 2. The van der Waals surface area contributed by atoms with Crippen molar-refractivity contribution in [3.8, 4) is 22.8 Å². The SMILES string of the molecule is COc1ccccc1-c1nnc(SCC(=O)Nc2cccc(C(C)=O)c2)n1-c1cccc(Cl)c1. The fraction of sp³-hybridized carbons (Fsp3) is 0.120. The summed E-state index contributed by atoms with van der Waals surface area (Å²) in [5.74, 6) is 1.01. The van der Waals surface area contributed by atoms with Gasteiger partial charge in [0.1, 0.15) is 5.75 Å². The third-order valence-corrected chi connectivity index (χ3v) is 6.10. The largest absolute Gasteiger partial charge is 0.496 e. The topological polar surface area (TPSA) is 86.1 Å². The number of para-hydroxylation sites is 1. The Kier molecular flexibility index (Phi) is 7.30. The average Bonchev–Trinajstić information content (AvgIpc) is 3.26. The smallest absolute Gasteiger partial charge is 0.234 e. The number of halogens is 1. The van der Waals surface area contributed by atoms with Gasteiger partial charge in [0, 0.05) is 16.3 Å². The number of amides is 1. The van der Waals surface area contributed by atoms with Crippen molar-refractivity contribution in [3.63, 3.8) is 0 Å². The van der Waals surface area contributed by atoms with Crippen LogP contribution in [-0.2, 0) is 4.79 Å². The number of Topliss-reactive ketones (excluding diaryl/α,β-unsaturated/α-hetero) is 1. The molecule has 0 aliphatic rings. The summed E-state index contributed by atoms with van der Waals surface area (Å²) in [5, 5.41) is 12.6. The summed E-state index contributed by atoms with van der Waals surface area (Å²) < 4.78 is 7.36. The maximum Gasteiger partial charge on any atom is 0.234 e. The van der Waals surface area contributed by atoms with Gasteiger partial charge in [-0.15, -0.1) is 10.2 Å². The second kappa shape index (κ2) is 10.5. The van der Waals surface area contributed by atoms with Crippen LogP contribution in [0.1, 0.15) is 17.3 Å². The minimum absolute atomic E-state index is 0.0658. The molecule has 4 rings (SSSR count). The molecule has 0 spiro atoms. The highest BCUT2D eigenvalue weighted by Crippen LogP contribution is 2.33. The van der Waals surface area contributed by atoms with E-state index in [1.54, 1.807) is 43.5 Å². The van der Waals surface area contributed by atoms with Gasteiger partial charge in [-0.25, -0.2) is 0 Å². The quantitative estimate of drug-likeness (QED) is 0.257. The maximum atomic E-state index is 12.6. The first-order valence-electron chi connectivity index (χ1n) is 10.3. The molecule has 0 saturated carbocycles. The Morgan fingerprint density at radius 3 is 2.59 bits per heavy atom. The van der Waals surface area contributed by atoms with Crippen LogP contribution in [0, 0.1) is 0 Å². The van der Waals surface area contributed by atoms with Crippen molar-refractivity contribution >= 4 is 40.7 Å². The third kappa shape index (κ3) is 5.30. The Morgan fingerprint density at radius 1 is 1.03 bits per heavy atom. The summed E-state index contributed by atoms with van der Waals surface area (Å²) in [6, 6.07) is 21.7. The van der Waals surface area contributed by atoms with Crippen molar-refractivity contribution in [1.82, 2.24) is 14.8 Å². The number of aromatic nitrogens is 3. The summed E-state index contributed by atoms with van der Waals surface area (Å²) in [6.07, 6.45) is 0. The molecule has 1 N–H and O–H groups in total. The first-order chi connectivity index (χ1) is 16.5. The first-order valence-corrected chi connectivity index (χ1v) is 11.7. The van der Waals surface area contributed by atoms with E-state index < -0.39 is 0 Å². The van der Waals surface area contributed by atoms with E-state index in [4.69, 9.17) is 16.3 Å². The molecule has 34 heavy (non-hydrogen) atoms. The van der Waals surface area contributed by atoms with Gasteiger partial charge >= 0.3 is 0 Å². The molecule has 0 bridgehead atoms. The van der Waals surface area contributed by atoms with Crippen LogP contribution in [0.5, 0.6) is 5.75 Å². The van der Waals surface area contributed by atoms with Crippen LogP contribution in [0.15, 0.2) is 78.0 Å². The van der Waals surface area contributed by atoms with Crippen molar-refractivity contribution in [3.05, 3.63) is 83.4 Å². The number of nitrogens with one attached hydrogen (secondary N) is 1. The Morgan fingerprint density at radius 2 is 1.82 bits per heavy atom. The standard InChI is InChI=1S/C25H21ClN4O3S/c1-16(31)17-7-5-9-19(13-17)27-23(32)15-34-25-29-28-24(21-11-3-4-12-22(21)33-2)30(25)20-10-6-8-18(26)14-20/h3-14H,15H2,1-2H3,(H,27,32). The first kappa shape index (κ1) is 23.5. The van der Waals surface area contributed by atoms with E-state index in [2.05, 4.69) is 15.5 Å². The molecule has 0 radical (unpaired) electrons. The fourth-order valence-electron chi connectivity index (χ4n) is 3.36. The molecule has 4 aromatic rings. The van der Waals surface area contributed by atoms with Crippen molar-refractivity contribution in [1.29, 1.82) is 0 Å². The second-order valence-electron chi connectivity index (χ2n) is 7.30. The lowest BCUT2D eigenvalue weighted by molar-refractivity contribution is -0.113. The molecule has 172 valence electrons. The van der Waals surface area contributed by atoms with E-state index >= 15 is 0 Å². The number of thioether (sulfide) groups is 1. The molecular formula is C25H21ClN4O3S. The molecule has 9 heteroatoms. The lowest BCUT2D eigenvalue weighted by atomic mass is 10.1. The number of nitrogens with zero attached hydrogens (tertiary/aromatic N) is 3. The van der Waals surface area contributed by atoms with Crippen molar-refractivity contribution in [2.75, 3.05) is 18.2 Å². The zero-order valence-corrected chi connectivity index (χ0v) is 20.1. The molecule has 7 nitrogen and oxygen atoms in total. The minimum Gasteiger partial charge on any atom is -0.496 e. The van der Waals surface area contributed by atoms with Crippen LogP contribution >= 0.6 is 23.4 Å². The van der Waals surface area contributed by atoms with E-state index in [9.17, 15) is 9.59 Å². The third-order valence-electron chi connectivity index (χ3n) is 4.93. The lowest BCUT2D eigenvalue weighted by Crippen LogP contribution is -2.15. The number of hydrogen-bond donors (Lipinski definition) is 1. The summed E-state index contributed by atoms with van der Waals surface area (Å²) in [7, 11) is 1.60. The Bertz CT molecular complexity index is 1360. The van der Waals surface area contributed by atoms with Gasteiger partial charge in [-0.1, -0.05) is 53.7 Å². The van der Waals surface area contributed by atoms with Gasteiger partial charge in [-0.2, -0.15) is 0 Å². The minimum atomic E-state index is -0.231. The fourth-order valence-corrected chi connectivity index (χ4v) is 4.29. The van der Waals surface area contributed by atoms with Crippen LogP contribution in [0.4, 0.5) is 5.69 Å². The van der Waals surface area contributed by atoms with Crippen LogP contribution < -0.4 is 10.1 Å². The highest BCUT2D eigenvalue weighted by atomic mass is 35.5. The molecule has 0 fully saturated rings. The zero-order chi connectivity index (χ0) is 24.1. The normalized spacial score (nSPS) is 10.7. The average molecular weight is 493 g/mol. The summed E-state index contributed by atoms with van der Waals surface area (Å²) in [4.78, 5) is 24.2. The van der Waals surface area contributed by atoms with Crippen LogP contribution in [0.3, 0.4) is 0 Å². The molecule has 1 heterocycles. The van der Waals surface area contributed by atoms with Gasteiger partial charge in [-0.05, 0) is 49.4 Å². The summed E-state index contributed by atoms with van der Waals surface area (Å²) >= 11 is 7.49. The molecule has 3 aromatic carbocycles. The van der Waals surface area contributed by atoms with E-state index in [-0.39, 0.29) is 17.4 Å². The summed E-state index contributed by atoms with van der Waals surface area (Å²) in [5.41, 5.74) is 2.61. The lowest BCUT2D eigenvalue weighted by Gasteiger charge is -2.13. The van der Waals surface area contributed by atoms with Crippen LogP contribution in [0.2, 0.25) is 5.02 Å². The van der Waals surface area contributed by atoms with E-state index in [1.807, 2.05) is 41.0 Å². The molecule has 0 atom stereocenters. The zero-order valence-electron chi connectivity index (χ0n) is 18.5. The molecule has 1 amide bonds. The maximum absolute atomic E-state index is 12.6. The number of ether oxygens (including phenoxy) is 1. The number of benzene rings is 3. The van der Waals surface area contributed by atoms with Gasteiger partial charge in [0.15, 0.2) is 16.8 Å². The highest BCUT2D eigenvalue weighted by Gasteiger charge is 2.20. The number of hydrogen-bond acceptors (Lipinski definition) is 6. The van der Waals surface area contributed by atoms with Crippen LogP contribution in [-0.4, -0.2) is 39.3 Å². The predicted molar refractivity (Wildman–Crippen MR) is 134 cm³/mol. The van der Waals surface area contributed by atoms with Crippen molar-refractivity contribution in [2.24, 2.45) is 0 Å². The Labute approximate surface area is 206 Å². The molecule has 0 unspecified atom stereocenters. The second-order valence-corrected chi connectivity index (χ2v) is 8.67. The number of anilines is 1. The summed E-state index contributed by atoms with van der Waals surface area (Å²) in [6.45, 7) is 1.48. The van der Waals surface area contributed by atoms with E-state index in [0.29, 0.717) is 33.0 Å². The molecule has 1 aromatic heterocycles. The molecule has 0 aliphatic carbocycles. The van der Waals surface area contributed by atoms with Crippen molar-refractivity contribution in [2.45, 2.75) is 12.1 Å². The van der Waals surface area contributed by atoms with Gasteiger partial charge in [-0.3, -0.25) is 14.2 Å². The van der Waals surface area contributed by atoms with E-state index in [1.165, 1.54) is 18.7 Å². The number of ketones is 1. The molecular weight excluding hydrogens is 472 g/mol.